The predicted molar refractivity (Wildman–Crippen MR) is 77.6 cm³/mol. The van der Waals surface area contributed by atoms with Gasteiger partial charge in [-0.2, -0.15) is 0 Å². The molecule has 0 saturated heterocycles. The molecule has 0 spiro atoms. The zero-order chi connectivity index (χ0) is 12.8. The van der Waals surface area contributed by atoms with Crippen molar-refractivity contribution in [3.05, 3.63) is 52.8 Å². The van der Waals surface area contributed by atoms with Gasteiger partial charge in [0.2, 0.25) is 0 Å². The maximum absolute atomic E-state index is 6.11. The third-order valence-corrected chi connectivity index (χ3v) is 4.02. The van der Waals surface area contributed by atoms with Crippen LogP contribution in [0.5, 0.6) is 0 Å². The molecule has 0 radical (unpaired) electrons. The number of nitrogens with zero attached hydrogens (tertiary/aromatic N) is 2. The first-order valence-corrected chi connectivity index (χ1v) is 6.99. The quantitative estimate of drug-likeness (QED) is 0.804. The van der Waals surface area contributed by atoms with Gasteiger partial charge in [0, 0.05) is 28.4 Å². The minimum Gasteiger partial charge on any atom is -0.282 e. The molecule has 1 aliphatic heterocycles. The average molecular weight is 269 g/mol. The fraction of sp³-hybridized carbons (Fsp3) is 0.250. The van der Waals surface area contributed by atoms with E-state index in [9.17, 15) is 0 Å². The van der Waals surface area contributed by atoms with Crippen molar-refractivity contribution in [3.8, 4) is 11.1 Å². The third-order valence-electron chi connectivity index (χ3n) is 3.78. The topological polar surface area (TPSA) is 25.2 Å². The normalized spacial score (nSPS) is 17.2. The zero-order valence-corrected chi connectivity index (χ0v) is 11.2. The van der Waals surface area contributed by atoms with Gasteiger partial charge in [0.15, 0.2) is 0 Å². The minimum absolute atomic E-state index is 0.656. The lowest BCUT2D eigenvalue weighted by Crippen LogP contribution is -2.04. The molecule has 0 unspecified atom stereocenters. The van der Waals surface area contributed by atoms with Crippen LogP contribution in [-0.2, 0) is 6.54 Å². The first kappa shape index (κ1) is 11.2. The summed E-state index contributed by atoms with van der Waals surface area (Å²) in [5.74, 6) is 0.656. The molecule has 0 N–H and O–H groups in total. The van der Waals surface area contributed by atoms with Crippen LogP contribution in [0.3, 0.4) is 0 Å². The van der Waals surface area contributed by atoms with Gasteiger partial charge in [0.25, 0.3) is 0 Å². The number of hydrogen-bond donors (Lipinski definition) is 0. The Bertz CT molecular complexity index is 687. The van der Waals surface area contributed by atoms with Crippen LogP contribution in [0.2, 0.25) is 5.02 Å². The number of halogens is 1. The van der Waals surface area contributed by atoms with Gasteiger partial charge < -0.3 is 0 Å². The summed E-state index contributed by atoms with van der Waals surface area (Å²) in [5, 5.41) is 0.769. The van der Waals surface area contributed by atoms with E-state index in [1.165, 1.54) is 29.7 Å². The molecule has 0 atom stereocenters. The van der Waals surface area contributed by atoms with E-state index in [4.69, 9.17) is 16.6 Å². The van der Waals surface area contributed by atoms with Crippen LogP contribution in [0.1, 0.15) is 24.1 Å². The smallest absolute Gasteiger partial charge is 0.0822 e. The highest BCUT2D eigenvalue weighted by Crippen LogP contribution is 2.40. The van der Waals surface area contributed by atoms with Gasteiger partial charge in [-0.3, -0.25) is 9.98 Å². The van der Waals surface area contributed by atoms with Crippen LogP contribution >= 0.6 is 11.6 Å². The average Bonchev–Trinajstić information content (AvgIpc) is 3.18. The summed E-state index contributed by atoms with van der Waals surface area (Å²) in [4.78, 5) is 9.18. The summed E-state index contributed by atoms with van der Waals surface area (Å²) >= 11 is 6.11. The van der Waals surface area contributed by atoms with Crippen LogP contribution < -0.4 is 0 Å². The summed E-state index contributed by atoms with van der Waals surface area (Å²) in [7, 11) is 0. The number of fused-ring (bicyclic) bond motifs is 1. The number of benzene rings is 1. The molecule has 0 bridgehead atoms. The molecule has 2 aromatic rings. The monoisotopic (exact) mass is 268 g/mol. The Morgan fingerprint density at radius 2 is 2.05 bits per heavy atom. The number of aromatic nitrogens is 1. The third kappa shape index (κ3) is 1.87. The Kier molecular flexibility index (Phi) is 2.46. The van der Waals surface area contributed by atoms with Gasteiger partial charge in [-0.25, -0.2) is 0 Å². The highest BCUT2D eigenvalue weighted by molar-refractivity contribution is 6.30. The molecule has 3 heteroatoms. The first-order valence-electron chi connectivity index (χ1n) is 6.61. The Hall–Kier alpha value is -1.67. The molecule has 1 aromatic heterocycles. The van der Waals surface area contributed by atoms with E-state index in [1.54, 1.807) is 0 Å². The number of aliphatic imine (C=N–C) groups is 1. The van der Waals surface area contributed by atoms with Crippen LogP contribution in [0, 0.1) is 5.92 Å². The lowest BCUT2D eigenvalue weighted by Gasteiger charge is -2.10. The van der Waals surface area contributed by atoms with Crippen molar-refractivity contribution in [2.45, 2.75) is 19.4 Å². The second-order valence-electron chi connectivity index (χ2n) is 5.17. The highest BCUT2D eigenvalue weighted by atomic mass is 35.5. The maximum Gasteiger partial charge on any atom is 0.0822 e. The summed E-state index contributed by atoms with van der Waals surface area (Å²) in [6.07, 6.45) is 4.41. The van der Waals surface area contributed by atoms with Crippen LogP contribution in [-0.4, -0.2) is 10.7 Å². The second-order valence-corrected chi connectivity index (χ2v) is 5.60. The van der Waals surface area contributed by atoms with Gasteiger partial charge in [-0.15, -0.1) is 0 Å². The van der Waals surface area contributed by atoms with Crippen molar-refractivity contribution in [3.63, 3.8) is 0 Å². The highest BCUT2D eigenvalue weighted by Gasteiger charge is 2.34. The standard InChI is InChI=1S/C16H13ClN2/c17-12-3-1-2-11(8-12)13-6-7-18-14-9-19-16(15(13)14)10-4-5-10/h1-3,6-8,10H,4-5,9H2. The van der Waals surface area contributed by atoms with Crippen molar-refractivity contribution >= 4 is 17.3 Å². The van der Waals surface area contributed by atoms with Gasteiger partial charge in [-0.1, -0.05) is 23.7 Å². The molecule has 1 aliphatic carbocycles. The first-order chi connectivity index (χ1) is 9.33. The lowest BCUT2D eigenvalue weighted by atomic mass is 9.95. The SMILES string of the molecule is Clc1cccc(-c2ccnc3c2C(C2CC2)=NC3)c1. The van der Waals surface area contributed by atoms with Gasteiger partial charge in [0.1, 0.15) is 0 Å². The van der Waals surface area contributed by atoms with E-state index in [0.717, 1.165) is 22.8 Å². The molecule has 2 aliphatic rings. The second kappa shape index (κ2) is 4.17. The lowest BCUT2D eigenvalue weighted by molar-refractivity contribution is 1.02. The van der Waals surface area contributed by atoms with E-state index in [1.807, 2.05) is 24.4 Å². The molecule has 0 amide bonds. The fourth-order valence-electron chi connectivity index (χ4n) is 2.74. The predicted octanol–water partition coefficient (Wildman–Crippen LogP) is 4.11. The van der Waals surface area contributed by atoms with E-state index < -0.39 is 0 Å². The van der Waals surface area contributed by atoms with E-state index in [0.29, 0.717) is 5.92 Å². The van der Waals surface area contributed by atoms with Crippen molar-refractivity contribution in [1.82, 2.24) is 4.98 Å². The summed E-state index contributed by atoms with van der Waals surface area (Å²) in [6, 6.07) is 10.1. The van der Waals surface area contributed by atoms with E-state index >= 15 is 0 Å². The molecule has 19 heavy (non-hydrogen) atoms. The van der Waals surface area contributed by atoms with Crippen LogP contribution in [0.4, 0.5) is 0 Å². The Morgan fingerprint density at radius 3 is 2.84 bits per heavy atom. The number of pyridine rings is 1. The van der Waals surface area contributed by atoms with Gasteiger partial charge >= 0.3 is 0 Å². The van der Waals surface area contributed by atoms with Crippen LogP contribution in [0.15, 0.2) is 41.5 Å². The van der Waals surface area contributed by atoms with E-state index in [2.05, 4.69) is 17.1 Å². The molecular formula is C16H13ClN2. The van der Waals surface area contributed by atoms with Crippen molar-refractivity contribution in [1.29, 1.82) is 0 Å². The fourth-order valence-corrected chi connectivity index (χ4v) is 2.93. The maximum atomic E-state index is 6.11. The largest absolute Gasteiger partial charge is 0.282 e. The van der Waals surface area contributed by atoms with Crippen LogP contribution in [0.25, 0.3) is 11.1 Å². The molecule has 4 rings (SSSR count). The molecule has 2 nitrogen and oxygen atoms in total. The van der Waals surface area contributed by atoms with Crippen molar-refractivity contribution < 1.29 is 0 Å². The Labute approximate surface area is 117 Å². The Morgan fingerprint density at radius 1 is 1.16 bits per heavy atom. The summed E-state index contributed by atoms with van der Waals surface area (Å²) in [5.41, 5.74) is 6.00. The molecule has 1 fully saturated rings. The number of hydrogen-bond acceptors (Lipinski definition) is 2. The zero-order valence-electron chi connectivity index (χ0n) is 10.4. The number of rotatable bonds is 2. The molecular weight excluding hydrogens is 256 g/mol. The van der Waals surface area contributed by atoms with Crippen molar-refractivity contribution in [2.75, 3.05) is 0 Å². The molecule has 1 saturated carbocycles. The van der Waals surface area contributed by atoms with Gasteiger partial charge in [-0.05, 0) is 42.2 Å². The molecule has 94 valence electrons. The van der Waals surface area contributed by atoms with Crippen molar-refractivity contribution in [2.24, 2.45) is 10.9 Å². The molecule has 1 aromatic carbocycles. The minimum atomic E-state index is 0.656. The van der Waals surface area contributed by atoms with Gasteiger partial charge in [0.05, 0.1) is 12.2 Å². The Balaban J connectivity index is 1.90. The molecule has 2 heterocycles. The summed E-state index contributed by atoms with van der Waals surface area (Å²) < 4.78 is 0. The summed E-state index contributed by atoms with van der Waals surface area (Å²) in [6.45, 7) is 0.732. The van der Waals surface area contributed by atoms with E-state index in [-0.39, 0.29) is 0 Å².